The summed E-state index contributed by atoms with van der Waals surface area (Å²) in [6.45, 7) is 13.9. The zero-order valence-corrected chi connectivity index (χ0v) is 37.8. The van der Waals surface area contributed by atoms with Crippen LogP contribution in [0.3, 0.4) is 0 Å². The highest BCUT2D eigenvalue weighted by atomic mass is 16.5. The van der Waals surface area contributed by atoms with Crippen molar-refractivity contribution in [1.29, 1.82) is 0 Å². The van der Waals surface area contributed by atoms with Gasteiger partial charge < -0.3 is 18.9 Å². The molecule has 0 radical (unpaired) electrons. The first-order valence-corrected chi connectivity index (χ1v) is 22.1. The standard InChI is InChI=1S/C56H56N2O6/c1-7-61-55(59)51-29-25-45(47(35-51)21-19-43-17-13-31-57-39-43)23-27-49-37-54(64-34-12-10-16-42(5)6)50(38-53(49)63-33-11-9-15-41(3)4)28-24-46-26-30-52(56(60)62-8-2)36-48(46)22-20-44-18-14-32-58-40-44/h13-14,17-18,25-26,29-32,35-42H,7-12,15-16,33-34H2,1-6H3. The van der Waals surface area contributed by atoms with Gasteiger partial charge in [0, 0.05) is 70.3 Å². The fourth-order valence-electron chi connectivity index (χ4n) is 6.29. The molecule has 5 aromatic rings. The molecule has 2 heterocycles. The molecule has 0 saturated carbocycles. The Hall–Kier alpha value is -7.26. The van der Waals surface area contributed by atoms with E-state index in [0.717, 1.165) is 49.7 Å². The van der Waals surface area contributed by atoms with E-state index < -0.39 is 11.9 Å². The maximum atomic E-state index is 12.8. The molecule has 2 aromatic heterocycles. The first-order chi connectivity index (χ1) is 31.1. The summed E-state index contributed by atoms with van der Waals surface area (Å²) in [5.41, 5.74) is 5.84. The second kappa shape index (κ2) is 25.6. The van der Waals surface area contributed by atoms with Crippen molar-refractivity contribution in [2.24, 2.45) is 11.8 Å². The van der Waals surface area contributed by atoms with Crippen LogP contribution >= 0.6 is 0 Å². The number of benzene rings is 3. The van der Waals surface area contributed by atoms with Crippen molar-refractivity contribution in [3.63, 3.8) is 0 Å². The topological polar surface area (TPSA) is 96.8 Å². The van der Waals surface area contributed by atoms with Crippen molar-refractivity contribution in [1.82, 2.24) is 9.97 Å². The summed E-state index contributed by atoms with van der Waals surface area (Å²) in [6, 6.07) is 21.5. The minimum Gasteiger partial charge on any atom is -0.492 e. The van der Waals surface area contributed by atoms with Crippen LogP contribution in [0.4, 0.5) is 0 Å². The lowest BCUT2D eigenvalue weighted by atomic mass is 10.0. The van der Waals surface area contributed by atoms with Gasteiger partial charge in [-0.1, -0.05) is 87.9 Å². The van der Waals surface area contributed by atoms with Gasteiger partial charge in [-0.05, 0) is 112 Å². The molecule has 0 N–H and O–H groups in total. The summed E-state index contributed by atoms with van der Waals surface area (Å²) in [5, 5.41) is 0. The number of esters is 2. The van der Waals surface area contributed by atoms with Crippen LogP contribution in [0.1, 0.15) is 145 Å². The molecule has 326 valence electrons. The van der Waals surface area contributed by atoms with Crippen LogP contribution in [0.15, 0.2) is 97.6 Å². The average Bonchev–Trinajstić information content (AvgIpc) is 3.30. The second-order valence-electron chi connectivity index (χ2n) is 15.8. The first-order valence-electron chi connectivity index (χ1n) is 22.1. The lowest BCUT2D eigenvalue weighted by molar-refractivity contribution is 0.0516. The van der Waals surface area contributed by atoms with E-state index in [1.807, 2.05) is 36.4 Å². The monoisotopic (exact) mass is 852 g/mol. The van der Waals surface area contributed by atoms with Gasteiger partial charge in [-0.2, -0.15) is 0 Å². The predicted octanol–water partition coefficient (Wildman–Crippen LogP) is 10.8. The Morgan fingerprint density at radius 1 is 0.500 bits per heavy atom. The van der Waals surface area contributed by atoms with Crippen molar-refractivity contribution in [3.8, 4) is 58.9 Å². The molecule has 0 aliphatic carbocycles. The fourth-order valence-corrected chi connectivity index (χ4v) is 6.29. The van der Waals surface area contributed by atoms with Gasteiger partial charge in [-0.3, -0.25) is 9.97 Å². The second-order valence-corrected chi connectivity index (χ2v) is 15.8. The van der Waals surface area contributed by atoms with Crippen LogP contribution in [0.25, 0.3) is 0 Å². The highest BCUT2D eigenvalue weighted by molar-refractivity contribution is 5.91. The van der Waals surface area contributed by atoms with E-state index in [4.69, 9.17) is 18.9 Å². The lowest BCUT2D eigenvalue weighted by Crippen LogP contribution is -2.05. The third-order valence-electron chi connectivity index (χ3n) is 9.68. The molecule has 0 bridgehead atoms. The van der Waals surface area contributed by atoms with Crippen LogP contribution in [-0.4, -0.2) is 48.3 Å². The molecule has 3 aromatic carbocycles. The Morgan fingerprint density at radius 3 is 1.28 bits per heavy atom. The highest BCUT2D eigenvalue weighted by Crippen LogP contribution is 2.30. The summed E-state index contributed by atoms with van der Waals surface area (Å²) >= 11 is 0. The van der Waals surface area contributed by atoms with Crippen molar-refractivity contribution < 1.29 is 28.5 Å². The van der Waals surface area contributed by atoms with E-state index in [1.54, 1.807) is 75.0 Å². The van der Waals surface area contributed by atoms with E-state index >= 15 is 0 Å². The maximum Gasteiger partial charge on any atom is 0.338 e. The summed E-state index contributed by atoms with van der Waals surface area (Å²) in [7, 11) is 0. The van der Waals surface area contributed by atoms with Crippen LogP contribution < -0.4 is 9.47 Å². The van der Waals surface area contributed by atoms with Crippen molar-refractivity contribution in [3.05, 3.63) is 153 Å². The predicted molar refractivity (Wildman–Crippen MR) is 252 cm³/mol. The Balaban J connectivity index is 1.63. The van der Waals surface area contributed by atoms with Gasteiger partial charge in [0.2, 0.25) is 0 Å². The van der Waals surface area contributed by atoms with Crippen molar-refractivity contribution in [2.75, 3.05) is 26.4 Å². The summed E-state index contributed by atoms with van der Waals surface area (Å²) < 4.78 is 23.6. The zero-order valence-electron chi connectivity index (χ0n) is 37.8. The third kappa shape index (κ3) is 15.6. The molecule has 64 heavy (non-hydrogen) atoms. The molecule has 0 aliphatic rings. The number of rotatable bonds is 16. The van der Waals surface area contributed by atoms with Crippen molar-refractivity contribution >= 4 is 11.9 Å². The molecule has 0 unspecified atom stereocenters. The summed E-state index contributed by atoms with van der Waals surface area (Å²) in [5.74, 6) is 27.5. The lowest BCUT2D eigenvalue weighted by Gasteiger charge is -2.14. The number of carbonyl (C=O) groups excluding carboxylic acids is 2. The van der Waals surface area contributed by atoms with E-state index in [1.165, 1.54) is 0 Å². The smallest absolute Gasteiger partial charge is 0.338 e. The quantitative estimate of drug-likeness (QED) is 0.0550. The number of unbranched alkanes of at least 4 members (excludes halogenated alkanes) is 2. The highest BCUT2D eigenvalue weighted by Gasteiger charge is 2.14. The summed E-state index contributed by atoms with van der Waals surface area (Å²) in [4.78, 5) is 33.9. The molecule has 5 rings (SSSR count). The molecule has 0 spiro atoms. The Labute approximate surface area is 379 Å². The van der Waals surface area contributed by atoms with Crippen LogP contribution in [0.2, 0.25) is 0 Å². The average molecular weight is 853 g/mol. The Kier molecular flexibility index (Phi) is 19.1. The van der Waals surface area contributed by atoms with Gasteiger partial charge in [0.25, 0.3) is 0 Å². The fraction of sp³-hybridized carbons (Fsp3) is 0.321. The SMILES string of the molecule is CCOC(=O)c1ccc(C#Cc2cc(OCCCCC(C)C)c(C#Cc3ccc(C(=O)OCC)cc3C#Cc3cccnc3)cc2OCCCCC(C)C)c(C#Cc2cccnc2)c1. The van der Waals surface area contributed by atoms with Gasteiger partial charge in [0.1, 0.15) is 11.5 Å². The molecule has 0 aliphatic heterocycles. The van der Waals surface area contributed by atoms with Crippen LogP contribution in [0, 0.1) is 59.2 Å². The zero-order chi connectivity index (χ0) is 45.5. The molecular weight excluding hydrogens is 797 g/mol. The molecule has 0 amide bonds. The maximum absolute atomic E-state index is 12.8. The minimum atomic E-state index is -0.436. The van der Waals surface area contributed by atoms with E-state index in [2.05, 4.69) is 85.0 Å². The van der Waals surface area contributed by atoms with E-state index in [-0.39, 0.29) is 13.2 Å². The van der Waals surface area contributed by atoms with E-state index in [0.29, 0.717) is 81.1 Å². The van der Waals surface area contributed by atoms with Gasteiger partial charge in [0.15, 0.2) is 0 Å². The number of ether oxygens (including phenoxy) is 4. The normalized spacial score (nSPS) is 10.2. The molecule has 0 saturated heterocycles. The molecule has 0 atom stereocenters. The van der Waals surface area contributed by atoms with Crippen molar-refractivity contribution in [2.45, 2.75) is 80.1 Å². The molecule has 0 fully saturated rings. The number of hydrogen-bond acceptors (Lipinski definition) is 8. The molecular formula is C56H56N2O6. The molecule has 8 heteroatoms. The van der Waals surface area contributed by atoms with Gasteiger partial charge in [0.05, 0.1) is 48.7 Å². The number of nitrogens with zero attached hydrogens (tertiary/aromatic N) is 2. The first kappa shape index (κ1) is 47.8. The van der Waals surface area contributed by atoms with Gasteiger partial charge in [-0.15, -0.1) is 0 Å². The third-order valence-corrected chi connectivity index (χ3v) is 9.68. The minimum absolute atomic E-state index is 0.253. The Morgan fingerprint density at radius 2 is 0.906 bits per heavy atom. The summed E-state index contributed by atoms with van der Waals surface area (Å²) in [6.07, 6.45) is 12.7. The number of aromatic nitrogens is 2. The van der Waals surface area contributed by atoms with Crippen LogP contribution in [-0.2, 0) is 9.47 Å². The van der Waals surface area contributed by atoms with E-state index in [9.17, 15) is 9.59 Å². The Bertz CT molecular complexity index is 2420. The van der Waals surface area contributed by atoms with Gasteiger partial charge >= 0.3 is 11.9 Å². The number of hydrogen-bond donors (Lipinski definition) is 0. The number of carbonyl (C=O) groups is 2. The van der Waals surface area contributed by atoms with Crippen LogP contribution in [0.5, 0.6) is 11.5 Å². The largest absolute Gasteiger partial charge is 0.492 e. The number of pyridine rings is 2. The van der Waals surface area contributed by atoms with Gasteiger partial charge in [-0.25, -0.2) is 9.59 Å². The molecule has 8 nitrogen and oxygen atoms in total.